The summed E-state index contributed by atoms with van der Waals surface area (Å²) < 4.78 is 0. The van der Waals surface area contributed by atoms with Crippen molar-refractivity contribution in [3.05, 3.63) is 76.0 Å². The zero-order valence-corrected chi connectivity index (χ0v) is 14.1. The Labute approximate surface area is 152 Å². The average molecular weight is 376 g/mol. The number of nitrogens with zero attached hydrogens (tertiary/aromatic N) is 2. The van der Waals surface area contributed by atoms with Crippen molar-refractivity contribution in [2.45, 2.75) is 0 Å². The largest absolute Gasteiger partial charge is 0.476 e. The number of anilines is 2. The van der Waals surface area contributed by atoms with Crippen LogP contribution in [0.5, 0.6) is 0 Å². The zero-order chi connectivity index (χ0) is 18.0. The molecule has 2 N–H and O–H groups in total. The summed E-state index contributed by atoms with van der Waals surface area (Å²) in [6.07, 6.45) is 1.25. The van der Waals surface area contributed by atoms with Crippen LogP contribution in [-0.4, -0.2) is 27.2 Å². The first-order valence-electron chi connectivity index (χ1n) is 7.11. The summed E-state index contributed by atoms with van der Waals surface area (Å²) in [5, 5.41) is 15.8. The number of hydrogen-bond donors (Lipinski definition) is 2. The third-order valence-electron chi connectivity index (χ3n) is 3.47. The van der Waals surface area contributed by atoms with Crippen LogP contribution in [0.2, 0.25) is 10.0 Å². The number of amides is 1. The second-order valence-corrected chi connectivity index (χ2v) is 5.80. The van der Waals surface area contributed by atoms with Crippen LogP contribution in [0.25, 0.3) is 0 Å². The minimum atomic E-state index is -1.25. The molecule has 2 aromatic carbocycles. The van der Waals surface area contributed by atoms with Crippen molar-refractivity contribution in [2.24, 2.45) is 0 Å². The Kier molecular flexibility index (Phi) is 4.74. The highest BCUT2D eigenvalue weighted by molar-refractivity contribution is 6.44. The number of aromatic amines is 1. The first-order valence-corrected chi connectivity index (χ1v) is 7.86. The number of carboxylic acid groups (broad SMARTS) is 1. The van der Waals surface area contributed by atoms with E-state index in [4.69, 9.17) is 23.2 Å². The number of carboxylic acids is 1. The Morgan fingerprint density at radius 2 is 1.72 bits per heavy atom. The molecule has 0 saturated heterocycles. The quantitative estimate of drug-likeness (QED) is 0.707. The van der Waals surface area contributed by atoms with Gasteiger partial charge in [-0.25, -0.2) is 4.79 Å². The first-order chi connectivity index (χ1) is 12.0. The number of carbonyl (C=O) groups is 2. The van der Waals surface area contributed by atoms with E-state index in [1.165, 1.54) is 11.1 Å². The number of halogens is 2. The molecule has 1 heterocycles. The fraction of sp³-hybridized carbons (Fsp3) is 0. The van der Waals surface area contributed by atoms with Gasteiger partial charge in [-0.15, -0.1) is 0 Å². The lowest BCUT2D eigenvalue weighted by atomic mass is 10.1. The zero-order valence-electron chi connectivity index (χ0n) is 12.6. The summed E-state index contributed by atoms with van der Waals surface area (Å²) in [6, 6.07) is 13.2. The first kappa shape index (κ1) is 17.0. The van der Waals surface area contributed by atoms with Crippen LogP contribution in [0.1, 0.15) is 20.8 Å². The van der Waals surface area contributed by atoms with Gasteiger partial charge in [-0.3, -0.25) is 14.8 Å². The van der Waals surface area contributed by atoms with Gasteiger partial charge in [0.2, 0.25) is 0 Å². The van der Waals surface area contributed by atoms with Crippen LogP contribution in [0, 0.1) is 0 Å². The topological polar surface area (TPSA) is 86.3 Å². The van der Waals surface area contributed by atoms with E-state index in [-0.39, 0.29) is 27.1 Å². The van der Waals surface area contributed by atoms with E-state index < -0.39 is 11.9 Å². The van der Waals surface area contributed by atoms with Crippen molar-refractivity contribution in [1.29, 1.82) is 0 Å². The number of H-pyrrole nitrogens is 1. The van der Waals surface area contributed by atoms with Gasteiger partial charge in [-0.05, 0) is 24.3 Å². The molecule has 0 fully saturated rings. The molecule has 0 atom stereocenters. The Morgan fingerprint density at radius 3 is 2.40 bits per heavy atom. The minimum Gasteiger partial charge on any atom is -0.476 e. The fourth-order valence-electron chi connectivity index (χ4n) is 2.33. The van der Waals surface area contributed by atoms with Crippen molar-refractivity contribution in [3.63, 3.8) is 0 Å². The molecule has 8 heteroatoms. The van der Waals surface area contributed by atoms with Gasteiger partial charge in [0.15, 0.2) is 5.69 Å². The van der Waals surface area contributed by atoms with E-state index in [9.17, 15) is 14.7 Å². The van der Waals surface area contributed by atoms with Gasteiger partial charge >= 0.3 is 5.97 Å². The molecule has 1 amide bonds. The van der Waals surface area contributed by atoms with Crippen molar-refractivity contribution in [1.82, 2.24) is 10.2 Å². The smallest absolute Gasteiger partial charge is 0.356 e. The maximum absolute atomic E-state index is 13.1. The highest BCUT2D eigenvalue weighted by Crippen LogP contribution is 2.38. The van der Waals surface area contributed by atoms with E-state index in [0.717, 1.165) is 0 Å². The van der Waals surface area contributed by atoms with Crippen molar-refractivity contribution in [3.8, 4) is 0 Å². The normalized spacial score (nSPS) is 10.5. The third-order valence-corrected chi connectivity index (χ3v) is 4.28. The summed E-state index contributed by atoms with van der Waals surface area (Å²) in [4.78, 5) is 25.7. The Balaban J connectivity index is 2.22. The molecule has 3 aromatic rings. The van der Waals surface area contributed by atoms with Crippen LogP contribution >= 0.6 is 23.2 Å². The lowest BCUT2D eigenvalue weighted by Crippen LogP contribution is -2.27. The molecule has 0 aliphatic rings. The van der Waals surface area contributed by atoms with Crippen LogP contribution in [0.15, 0.2) is 54.7 Å². The van der Waals surface area contributed by atoms with Crippen molar-refractivity contribution in [2.75, 3.05) is 4.90 Å². The highest BCUT2D eigenvalue weighted by atomic mass is 35.5. The molecule has 0 unspecified atom stereocenters. The number of nitrogens with one attached hydrogen (secondary N) is 1. The van der Waals surface area contributed by atoms with Gasteiger partial charge in [0.05, 0.1) is 21.9 Å². The molecule has 126 valence electrons. The second kappa shape index (κ2) is 6.96. The van der Waals surface area contributed by atoms with E-state index in [2.05, 4.69) is 10.2 Å². The molecule has 0 bridgehead atoms. The van der Waals surface area contributed by atoms with Gasteiger partial charge in [0, 0.05) is 5.56 Å². The molecule has 0 aliphatic heterocycles. The lowest BCUT2D eigenvalue weighted by Gasteiger charge is -2.23. The summed E-state index contributed by atoms with van der Waals surface area (Å²) in [5.41, 5.74) is 0.439. The van der Waals surface area contributed by atoms with Gasteiger partial charge in [-0.1, -0.05) is 47.5 Å². The minimum absolute atomic E-state index is 0.0607. The van der Waals surface area contributed by atoms with E-state index in [1.807, 2.05) is 0 Å². The molecule has 6 nitrogen and oxygen atoms in total. The lowest BCUT2D eigenvalue weighted by molar-refractivity contribution is 0.0691. The summed E-state index contributed by atoms with van der Waals surface area (Å²) in [5.74, 6) is -1.72. The molecule has 0 aliphatic carbocycles. The predicted octanol–water partition coefficient (Wildman–Crippen LogP) is 4.39. The van der Waals surface area contributed by atoms with E-state index in [0.29, 0.717) is 5.56 Å². The standard InChI is InChI=1S/C17H11Cl2N3O3/c18-11-7-4-8-12(14(11)19)22(13-9-20-21-15(13)17(24)25)16(23)10-5-2-1-3-6-10/h1-9H,(H,20,21)(H,24,25). The van der Waals surface area contributed by atoms with Gasteiger partial charge < -0.3 is 5.11 Å². The molecule has 0 radical (unpaired) electrons. The van der Waals surface area contributed by atoms with Crippen LogP contribution in [0.3, 0.4) is 0 Å². The predicted molar refractivity (Wildman–Crippen MR) is 94.9 cm³/mol. The number of aromatic nitrogens is 2. The summed E-state index contributed by atoms with van der Waals surface area (Å²) >= 11 is 12.3. The molecule has 0 spiro atoms. The van der Waals surface area contributed by atoms with Crippen molar-refractivity contribution < 1.29 is 14.7 Å². The van der Waals surface area contributed by atoms with Crippen LogP contribution in [-0.2, 0) is 0 Å². The Hall–Kier alpha value is -2.83. The number of aromatic carboxylic acids is 1. The Morgan fingerprint density at radius 1 is 1.00 bits per heavy atom. The number of hydrogen-bond acceptors (Lipinski definition) is 3. The SMILES string of the molecule is O=C(O)c1[nH]ncc1N(C(=O)c1ccccc1)c1cccc(Cl)c1Cl. The molecule has 3 rings (SSSR count). The highest BCUT2D eigenvalue weighted by Gasteiger charge is 2.28. The molecule has 25 heavy (non-hydrogen) atoms. The average Bonchev–Trinajstić information content (AvgIpc) is 3.09. The third kappa shape index (κ3) is 3.22. The summed E-state index contributed by atoms with van der Waals surface area (Å²) in [7, 11) is 0. The monoisotopic (exact) mass is 375 g/mol. The maximum atomic E-state index is 13.1. The fourth-order valence-corrected chi connectivity index (χ4v) is 2.71. The molecular weight excluding hydrogens is 365 g/mol. The van der Waals surface area contributed by atoms with E-state index in [1.54, 1.807) is 48.5 Å². The summed E-state index contributed by atoms with van der Waals surface area (Å²) in [6.45, 7) is 0. The van der Waals surface area contributed by atoms with Gasteiger partial charge in [-0.2, -0.15) is 5.10 Å². The maximum Gasteiger partial charge on any atom is 0.356 e. The van der Waals surface area contributed by atoms with E-state index >= 15 is 0 Å². The second-order valence-electron chi connectivity index (χ2n) is 5.01. The van der Waals surface area contributed by atoms with Crippen molar-refractivity contribution >= 4 is 46.5 Å². The number of rotatable bonds is 4. The van der Waals surface area contributed by atoms with Crippen LogP contribution < -0.4 is 4.90 Å². The molecule has 1 aromatic heterocycles. The molecule has 0 saturated carbocycles. The van der Waals surface area contributed by atoms with Crippen LogP contribution in [0.4, 0.5) is 11.4 Å². The van der Waals surface area contributed by atoms with Gasteiger partial charge in [0.1, 0.15) is 5.69 Å². The number of carbonyl (C=O) groups excluding carboxylic acids is 1. The number of benzene rings is 2. The Bertz CT molecular complexity index is 941. The van der Waals surface area contributed by atoms with Gasteiger partial charge in [0.25, 0.3) is 5.91 Å². The molecular formula is C17H11Cl2N3O3.